The maximum Gasteiger partial charge on any atom is 0.245 e. The van der Waals surface area contributed by atoms with Gasteiger partial charge in [0.25, 0.3) is 0 Å². The van der Waals surface area contributed by atoms with Crippen LogP contribution in [0.25, 0.3) is 44.2 Å². The van der Waals surface area contributed by atoms with Crippen molar-refractivity contribution in [3.8, 4) is 22.4 Å². The number of nitrogens with zero attached hydrogens (tertiary/aromatic N) is 7. The van der Waals surface area contributed by atoms with E-state index >= 15 is 0 Å². The molecule has 42 heavy (non-hydrogen) atoms. The van der Waals surface area contributed by atoms with E-state index in [1.165, 1.54) is 6.08 Å². The van der Waals surface area contributed by atoms with E-state index in [0.717, 1.165) is 94.5 Å². The van der Waals surface area contributed by atoms with Gasteiger partial charge in [0.05, 0.1) is 34.8 Å². The molecule has 3 aromatic heterocycles. The smallest absolute Gasteiger partial charge is 0.245 e. The third-order valence-electron chi connectivity index (χ3n) is 9.09. The standard InChI is InChI=1S/C32H35ClN8O/c1-6-27(42)39-17-32(18-39)13-23(14-32)41-20(3)28(29-24-15-34-35-26(24)11-19(2)30(29)33)31(37-41)21-7-8-25-22(12-21)16-40(36-25)10-9-38(4)5/h6-8,11-12,15-16,23H,1,9-10,13-14,17-18H2,2-5H3,(H,34,35). The summed E-state index contributed by atoms with van der Waals surface area (Å²) in [6.45, 7) is 11.1. The number of hydrogen-bond acceptors (Lipinski definition) is 5. The molecule has 1 saturated heterocycles. The van der Waals surface area contributed by atoms with E-state index < -0.39 is 0 Å². The quantitative estimate of drug-likeness (QED) is 0.252. The number of benzene rings is 2. The van der Waals surface area contributed by atoms with Crippen molar-refractivity contribution < 1.29 is 4.79 Å². The normalized spacial score (nSPS) is 16.5. The minimum atomic E-state index is 0.0163. The van der Waals surface area contributed by atoms with E-state index in [-0.39, 0.29) is 17.4 Å². The zero-order chi connectivity index (χ0) is 29.3. The Morgan fingerprint density at radius 1 is 1.19 bits per heavy atom. The summed E-state index contributed by atoms with van der Waals surface area (Å²) in [4.78, 5) is 16.1. The number of fused-ring (bicyclic) bond motifs is 2. The van der Waals surface area contributed by atoms with Crippen molar-refractivity contribution in [1.82, 2.24) is 39.6 Å². The Bertz CT molecular complexity index is 1860. The van der Waals surface area contributed by atoms with Crippen LogP contribution in [0.5, 0.6) is 0 Å². The molecular weight excluding hydrogens is 548 g/mol. The van der Waals surface area contributed by atoms with E-state index in [0.29, 0.717) is 5.02 Å². The molecule has 0 radical (unpaired) electrons. The summed E-state index contributed by atoms with van der Waals surface area (Å²) in [6, 6.07) is 8.69. The predicted molar refractivity (Wildman–Crippen MR) is 167 cm³/mol. The molecular formula is C32H35ClN8O. The second kappa shape index (κ2) is 9.81. The van der Waals surface area contributed by atoms with Crippen LogP contribution in [0.3, 0.4) is 0 Å². The van der Waals surface area contributed by atoms with Crippen LogP contribution in [-0.4, -0.2) is 79.2 Å². The number of hydrogen-bond donors (Lipinski definition) is 1. The summed E-state index contributed by atoms with van der Waals surface area (Å²) in [7, 11) is 4.14. The highest BCUT2D eigenvalue weighted by Gasteiger charge is 2.54. The molecule has 2 fully saturated rings. The topological polar surface area (TPSA) is 87.9 Å². The zero-order valence-corrected chi connectivity index (χ0v) is 25.2. The van der Waals surface area contributed by atoms with Gasteiger partial charge in [-0.3, -0.25) is 19.3 Å². The molecule has 1 spiro atoms. The van der Waals surface area contributed by atoms with Crippen molar-refractivity contribution >= 4 is 39.3 Å². The van der Waals surface area contributed by atoms with Crippen LogP contribution in [0.1, 0.15) is 30.1 Å². The lowest BCUT2D eigenvalue weighted by molar-refractivity contribution is -0.149. The molecule has 1 amide bonds. The summed E-state index contributed by atoms with van der Waals surface area (Å²) >= 11 is 7.09. The van der Waals surface area contributed by atoms with Crippen molar-refractivity contribution in [2.75, 3.05) is 33.7 Å². The molecule has 5 aromatic rings. The van der Waals surface area contributed by atoms with Crippen LogP contribution < -0.4 is 0 Å². The molecule has 0 atom stereocenters. The van der Waals surface area contributed by atoms with Crippen molar-refractivity contribution in [1.29, 1.82) is 0 Å². The number of amides is 1. The molecule has 2 aliphatic rings. The maximum absolute atomic E-state index is 12.1. The Labute approximate surface area is 249 Å². The molecule has 2 aromatic carbocycles. The number of likely N-dealkylation sites (N-methyl/N-ethyl adjacent to an activating group) is 1. The summed E-state index contributed by atoms with van der Waals surface area (Å²) in [6.07, 6.45) is 7.37. The van der Waals surface area contributed by atoms with E-state index in [1.54, 1.807) is 0 Å². The molecule has 7 rings (SSSR count). The van der Waals surface area contributed by atoms with Crippen molar-refractivity contribution in [2.24, 2.45) is 5.41 Å². The third-order valence-corrected chi connectivity index (χ3v) is 9.58. The SMILES string of the molecule is C=CC(=O)N1CC2(CC(n3nc(-c4ccc5nn(CCN(C)C)cc5c4)c(-c4c(Cl)c(C)cc5[nH]ncc45)c3C)C2)C1. The van der Waals surface area contributed by atoms with Crippen molar-refractivity contribution in [3.63, 3.8) is 0 Å². The summed E-state index contributed by atoms with van der Waals surface area (Å²) in [5.41, 5.74) is 8.10. The number of aromatic nitrogens is 6. The summed E-state index contributed by atoms with van der Waals surface area (Å²) < 4.78 is 4.21. The first-order valence-electron chi connectivity index (χ1n) is 14.4. The zero-order valence-electron chi connectivity index (χ0n) is 24.5. The second-order valence-corrected chi connectivity index (χ2v) is 12.8. The minimum Gasteiger partial charge on any atom is -0.338 e. The van der Waals surface area contributed by atoms with Gasteiger partial charge in [0.2, 0.25) is 5.91 Å². The highest BCUT2D eigenvalue weighted by atomic mass is 35.5. The Kier molecular flexibility index (Phi) is 6.29. The van der Waals surface area contributed by atoms with E-state index in [2.05, 4.69) is 71.8 Å². The maximum atomic E-state index is 12.1. The molecule has 0 bridgehead atoms. The van der Waals surface area contributed by atoms with Gasteiger partial charge >= 0.3 is 0 Å². The fraction of sp³-hybridized carbons (Fsp3) is 0.375. The first kappa shape index (κ1) is 26.9. The highest BCUT2D eigenvalue weighted by molar-refractivity contribution is 6.36. The molecule has 10 heteroatoms. The number of carbonyl (C=O) groups excluding carboxylic acids is 1. The monoisotopic (exact) mass is 582 g/mol. The number of rotatable bonds is 7. The van der Waals surface area contributed by atoms with Gasteiger partial charge in [-0.1, -0.05) is 24.2 Å². The van der Waals surface area contributed by atoms with Crippen LogP contribution in [0.15, 0.2) is 49.3 Å². The van der Waals surface area contributed by atoms with Gasteiger partial charge in [-0.25, -0.2) is 0 Å². The lowest BCUT2D eigenvalue weighted by Crippen LogP contribution is -2.63. The molecule has 0 unspecified atom stereocenters. The molecule has 1 aliphatic carbocycles. The van der Waals surface area contributed by atoms with Gasteiger partial charge in [-0.2, -0.15) is 15.3 Å². The van der Waals surface area contributed by atoms with E-state index in [4.69, 9.17) is 21.8 Å². The molecule has 216 valence electrons. The average Bonchev–Trinajstić information content (AvgIpc) is 3.63. The van der Waals surface area contributed by atoms with Gasteiger partial charge in [-0.05, 0) is 70.6 Å². The third kappa shape index (κ3) is 4.25. The number of aromatic amines is 1. The van der Waals surface area contributed by atoms with Crippen LogP contribution in [0.2, 0.25) is 5.02 Å². The molecule has 1 aliphatic heterocycles. The summed E-state index contributed by atoms with van der Waals surface area (Å²) in [5, 5.41) is 20.3. The number of halogens is 1. The lowest BCUT2D eigenvalue weighted by atomic mass is 9.60. The van der Waals surface area contributed by atoms with Gasteiger partial charge < -0.3 is 9.80 Å². The highest BCUT2D eigenvalue weighted by Crippen LogP contribution is 2.55. The van der Waals surface area contributed by atoms with Crippen LogP contribution in [0, 0.1) is 19.3 Å². The Balaban J connectivity index is 1.32. The number of aryl methyl sites for hydroxylation is 1. The van der Waals surface area contributed by atoms with Crippen molar-refractivity contribution in [3.05, 3.63) is 65.6 Å². The number of likely N-dealkylation sites (tertiary alicyclic amines) is 1. The molecule has 1 N–H and O–H groups in total. The molecule has 4 heterocycles. The largest absolute Gasteiger partial charge is 0.338 e. The fourth-order valence-corrected chi connectivity index (χ4v) is 7.13. The van der Waals surface area contributed by atoms with Gasteiger partial charge in [0.15, 0.2) is 0 Å². The average molecular weight is 583 g/mol. The molecule has 1 saturated carbocycles. The Hall–Kier alpha value is -3.95. The van der Waals surface area contributed by atoms with Crippen LogP contribution >= 0.6 is 11.6 Å². The predicted octanol–water partition coefficient (Wildman–Crippen LogP) is 5.62. The fourth-order valence-electron chi connectivity index (χ4n) is 6.88. The number of carbonyl (C=O) groups is 1. The minimum absolute atomic E-state index is 0.0163. The van der Waals surface area contributed by atoms with Gasteiger partial charge in [-0.15, -0.1) is 0 Å². The second-order valence-electron chi connectivity index (χ2n) is 12.4. The first-order valence-corrected chi connectivity index (χ1v) is 14.8. The Morgan fingerprint density at radius 2 is 1.98 bits per heavy atom. The number of nitrogens with one attached hydrogen (secondary N) is 1. The lowest BCUT2D eigenvalue weighted by Gasteiger charge is -2.58. The van der Waals surface area contributed by atoms with Gasteiger partial charge in [0, 0.05) is 64.4 Å². The Morgan fingerprint density at radius 3 is 2.71 bits per heavy atom. The van der Waals surface area contributed by atoms with E-state index in [9.17, 15) is 4.79 Å². The van der Waals surface area contributed by atoms with Crippen LogP contribution in [0.4, 0.5) is 0 Å². The van der Waals surface area contributed by atoms with Crippen molar-refractivity contribution in [2.45, 2.75) is 39.3 Å². The first-order chi connectivity index (χ1) is 20.2. The van der Waals surface area contributed by atoms with E-state index in [1.807, 2.05) is 28.8 Å². The van der Waals surface area contributed by atoms with Gasteiger partial charge in [0.1, 0.15) is 5.69 Å². The number of H-pyrrole nitrogens is 1. The van der Waals surface area contributed by atoms with Crippen LogP contribution in [-0.2, 0) is 11.3 Å². The molecule has 9 nitrogen and oxygen atoms in total. The summed E-state index contributed by atoms with van der Waals surface area (Å²) in [5.74, 6) is 0.0163.